The number of guanidine groups is 1. The highest BCUT2D eigenvalue weighted by Gasteiger charge is 2.16. The lowest BCUT2D eigenvalue weighted by Gasteiger charge is -2.31. The molecule has 1 aliphatic heterocycles. The summed E-state index contributed by atoms with van der Waals surface area (Å²) < 4.78 is 10.5. The van der Waals surface area contributed by atoms with Crippen molar-refractivity contribution in [2.24, 2.45) is 4.99 Å². The molecule has 0 aliphatic carbocycles. The average molecular weight is 471 g/mol. The lowest BCUT2D eigenvalue weighted by molar-refractivity contribution is 0.0220. The van der Waals surface area contributed by atoms with Crippen molar-refractivity contribution in [3.63, 3.8) is 0 Å². The number of hydrogen-bond donors (Lipinski definition) is 2. The van der Waals surface area contributed by atoms with E-state index < -0.39 is 0 Å². The van der Waals surface area contributed by atoms with E-state index >= 15 is 0 Å². The number of morpholine rings is 1. The molecule has 1 saturated heterocycles. The van der Waals surface area contributed by atoms with Crippen molar-refractivity contribution < 1.29 is 9.47 Å². The van der Waals surface area contributed by atoms with Gasteiger partial charge in [0, 0.05) is 59.0 Å². The standard InChI is InChI=1S/C17H37N5O2.HI/c1-5-18-17(19-7-9-21(3)8-6-12-23-4)20-15-16(2)22-10-13-24-14-11-22;/h16H,5-15H2,1-4H3,(H2,18,19,20);1H. The van der Waals surface area contributed by atoms with Crippen LogP contribution in [0.4, 0.5) is 0 Å². The van der Waals surface area contributed by atoms with E-state index in [-0.39, 0.29) is 24.0 Å². The molecule has 0 aromatic carbocycles. The molecule has 0 spiro atoms. The van der Waals surface area contributed by atoms with E-state index in [2.05, 4.69) is 41.3 Å². The van der Waals surface area contributed by atoms with E-state index in [0.717, 1.165) is 78.0 Å². The maximum Gasteiger partial charge on any atom is 0.191 e. The summed E-state index contributed by atoms with van der Waals surface area (Å²) >= 11 is 0. The number of methoxy groups -OCH3 is 1. The largest absolute Gasteiger partial charge is 0.385 e. The molecule has 8 heteroatoms. The van der Waals surface area contributed by atoms with Gasteiger partial charge in [-0.05, 0) is 27.3 Å². The Morgan fingerprint density at radius 1 is 1.28 bits per heavy atom. The molecule has 1 fully saturated rings. The van der Waals surface area contributed by atoms with Crippen LogP contribution in [-0.2, 0) is 9.47 Å². The second-order valence-corrected chi connectivity index (χ2v) is 6.29. The second kappa shape index (κ2) is 16.0. The molecule has 0 radical (unpaired) electrons. The Bertz CT molecular complexity index is 341. The van der Waals surface area contributed by atoms with Crippen molar-refractivity contribution in [2.75, 3.05) is 79.8 Å². The molecule has 0 bridgehead atoms. The number of nitrogens with zero attached hydrogens (tertiary/aromatic N) is 3. The summed E-state index contributed by atoms with van der Waals surface area (Å²) in [5.74, 6) is 0.905. The fraction of sp³-hybridized carbons (Fsp3) is 0.941. The first-order valence-electron chi connectivity index (χ1n) is 9.18. The highest BCUT2D eigenvalue weighted by Crippen LogP contribution is 2.03. The van der Waals surface area contributed by atoms with Gasteiger partial charge in [-0.3, -0.25) is 9.89 Å². The van der Waals surface area contributed by atoms with Crippen molar-refractivity contribution in [2.45, 2.75) is 26.3 Å². The summed E-state index contributed by atoms with van der Waals surface area (Å²) in [7, 11) is 3.89. The van der Waals surface area contributed by atoms with Crippen LogP contribution in [-0.4, -0.2) is 102 Å². The molecule has 1 unspecified atom stereocenters. The molecule has 1 atom stereocenters. The van der Waals surface area contributed by atoms with Crippen LogP contribution >= 0.6 is 24.0 Å². The van der Waals surface area contributed by atoms with Crippen molar-refractivity contribution in [1.29, 1.82) is 0 Å². The van der Waals surface area contributed by atoms with E-state index in [1.54, 1.807) is 7.11 Å². The normalized spacial score (nSPS) is 17.2. The minimum Gasteiger partial charge on any atom is -0.385 e. The highest BCUT2D eigenvalue weighted by molar-refractivity contribution is 14.0. The van der Waals surface area contributed by atoms with Gasteiger partial charge in [0.2, 0.25) is 0 Å². The van der Waals surface area contributed by atoms with E-state index in [1.807, 2.05) is 0 Å². The van der Waals surface area contributed by atoms with Gasteiger partial charge in [-0.15, -0.1) is 24.0 Å². The lowest BCUT2D eigenvalue weighted by atomic mass is 10.2. The van der Waals surface area contributed by atoms with Gasteiger partial charge in [-0.2, -0.15) is 0 Å². The van der Waals surface area contributed by atoms with Crippen LogP contribution in [0, 0.1) is 0 Å². The Morgan fingerprint density at radius 2 is 2.00 bits per heavy atom. The van der Waals surface area contributed by atoms with Gasteiger partial charge in [0.1, 0.15) is 0 Å². The third-order valence-corrected chi connectivity index (χ3v) is 4.20. The Labute approximate surface area is 170 Å². The summed E-state index contributed by atoms with van der Waals surface area (Å²) in [6, 6.07) is 0.445. The number of ether oxygens (including phenoxy) is 2. The summed E-state index contributed by atoms with van der Waals surface area (Å²) in [4.78, 5) is 9.49. The average Bonchev–Trinajstić information content (AvgIpc) is 2.60. The zero-order chi connectivity index (χ0) is 17.6. The van der Waals surface area contributed by atoms with Gasteiger partial charge in [0.25, 0.3) is 0 Å². The molecule has 150 valence electrons. The topological polar surface area (TPSA) is 61.4 Å². The monoisotopic (exact) mass is 471 g/mol. The lowest BCUT2D eigenvalue weighted by Crippen LogP contribution is -2.45. The Kier molecular flexibility index (Phi) is 15.9. The molecule has 25 heavy (non-hydrogen) atoms. The number of aliphatic imine (C=N–C) groups is 1. The minimum atomic E-state index is 0. The number of likely N-dealkylation sites (N-methyl/N-ethyl adjacent to an activating group) is 1. The Hall–Kier alpha value is -0.160. The molecule has 1 rings (SSSR count). The van der Waals surface area contributed by atoms with Crippen molar-refractivity contribution in [3.8, 4) is 0 Å². The van der Waals surface area contributed by atoms with Gasteiger partial charge < -0.3 is 25.0 Å². The summed E-state index contributed by atoms with van der Waals surface area (Å²) in [5, 5.41) is 6.75. The van der Waals surface area contributed by atoms with Crippen LogP contribution in [0.2, 0.25) is 0 Å². The molecule has 0 amide bonds. The fourth-order valence-corrected chi connectivity index (χ4v) is 2.65. The van der Waals surface area contributed by atoms with Crippen LogP contribution in [0.15, 0.2) is 4.99 Å². The van der Waals surface area contributed by atoms with Crippen LogP contribution < -0.4 is 10.6 Å². The SMILES string of the molecule is CCNC(=NCC(C)N1CCOCC1)NCCN(C)CCCOC.I. The van der Waals surface area contributed by atoms with Crippen molar-refractivity contribution in [1.82, 2.24) is 20.4 Å². The van der Waals surface area contributed by atoms with Gasteiger partial charge in [0.15, 0.2) is 5.96 Å². The zero-order valence-electron chi connectivity index (χ0n) is 16.4. The van der Waals surface area contributed by atoms with E-state index in [1.165, 1.54) is 0 Å². The second-order valence-electron chi connectivity index (χ2n) is 6.29. The first kappa shape index (κ1) is 24.8. The first-order valence-corrected chi connectivity index (χ1v) is 9.18. The minimum absolute atomic E-state index is 0. The number of rotatable bonds is 11. The summed E-state index contributed by atoms with van der Waals surface area (Å²) in [6.45, 7) is 13.5. The van der Waals surface area contributed by atoms with E-state index in [4.69, 9.17) is 14.5 Å². The van der Waals surface area contributed by atoms with E-state index in [0.29, 0.717) is 6.04 Å². The quantitative estimate of drug-likeness (QED) is 0.202. The number of nitrogens with one attached hydrogen (secondary N) is 2. The van der Waals surface area contributed by atoms with Crippen LogP contribution in [0.3, 0.4) is 0 Å². The molecule has 2 N–H and O–H groups in total. The Morgan fingerprint density at radius 3 is 2.64 bits per heavy atom. The first-order chi connectivity index (χ1) is 11.7. The van der Waals surface area contributed by atoms with Gasteiger partial charge in [-0.1, -0.05) is 0 Å². The number of halogens is 1. The molecule has 0 saturated carbocycles. The molecule has 1 heterocycles. The maximum atomic E-state index is 5.41. The van der Waals surface area contributed by atoms with Crippen LogP contribution in [0.1, 0.15) is 20.3 Å². The van der Waals surface area contributed by atoms with Gasteiger partial charge >= 0.3 is 0 Å². The fourth-order valence-electron chi connectivity index (χ4n) is 2.65. The van der Waals surface area contributed by atoms with Crippen molar-refractivity contribution >= 4 is 29.9 Å². The molecule has 7 nitrogen and oxygen atoms in total. The maximum absolute atomic E-state index is 5.41. The molecule has 0 aromatic heterocycles. The highest BCUT2D eigenvalue weighted by atomic mass is 127. The third kappa shape index (κ3) is 12.0. The third-order valence-electron chi connectivity index (χ3n) is 4.20. The van der Waals surface area contributed by atoms with Crippen molar-refractivity contribution in [3.05, 3.63) is 0 Å². The summed E-state index contributed by atoms with van der Waals surface area (Å²) in [6.07, 6.45) is 1.07. The molecular formula is C17H38IN5O2. The smallest absolute Gasteiger partial charge is 0.191 e. The molecule has 1 aliphatic rings. The van der Waals surface area contributed by atoms with Crippen LogP contribution in [0.25, 0.3) is 0 Å². The number of hydrogen-bond acceptors (Lipinski definition) is 5. The molecular weight excluding hydrogens is 433 g/mol. The van der Waals surface area contributed by atoms with E-state index in [9.17, 15) is 0 Å². The predicted molar refractivity (Wildman–Crippen MR) is 115 cm³/mol. The molecule has 0 aromatic rings. The van der Waals surface area contributed by atoms with Gasteiger partial charge in [0.05, 0.1) is 19.8 Å². The zero-order valence-corrected chi connectivity index (χ0v) is 18.8. The Balaban J connectivity index is 0.00000576. The summed E-state index contributed by atoms with van der Waals surface area (Å²) in [5.41, 5.74) is 0. The van der Waals surface area contributed by atoms with Gasteiger partial charge in [-0.25, -0.2) is 0 Å². The van der Waals surface area contributed by atoms with Crippen LogP contribution in [0.5, 0.6) is 0 Å². The predicted octanol–water partition coefficient (Wildman–Crippen LogP) is 0.849.